The lowest BCUT2D eigenvalue weighted by molar-refractivity contribution is 0.102. The number of nitrogens with one attached hydrogen (secondary N) is 2. The SMILES string of the molecule is Cc1cc(NC(=O)c2c[nH]c3c2-c2ncnc(C)c2CCC3)no1. The molecule has 7 heteroatoms. The van der Waals surface area contributed by atoms with Gasteiger partial charge in [-0.1, -0.05) is 5.16 Å². The van der Waals surface area contributed by atoms with Crippen LogP contribution in [0.25, 0.3) is 11.3 Å². The Balaban J connectivity index is 1.78. The normalized spacial score (nSPS) is 13.1. The van der Waals surface area contributed by atoms with Crippen molar-refractivity contribution in [2.75, 3.05) is 5.32 Å². The van der Waals surface area contributed by atoms with Crippen molar-refractivity contribution in [1.29, 1.82) is 0 Å². The minimum Gasteiger partial charge on any atom is -0.364 e. The Morgan fingerprint density at radius 1 is 1.29 bits per heavy atom. The van der Waals surface area contributed by atoms with E-state index in [0.29, 0.717) is 17.1 Å². The highest BCUT2D eigenvalue weighted by molar-refractivity contribution is 6.08. The molecule has 0 radical (unpaired) electrons. The second-order valence-electron chi connectivity index (χ2n) is 5.97. The van der Waals surface area contributed by atoms with Gasteiger partial charge in [0.2, 0.25) is 0 Å². The van der Waals surface area contributed by atoms with Gasteiger partial charge in [-0.05, 0) is 38.7 Å². The summed E-state index contributed by atoms with van der Waals surface area (Å²) in [4.78, 5) is 24.7. The van der Waals surface area contributed by atoms with Crippen molar-refractivity contribution in [3.8, 4) is 11.3 Å². The molecule has 0 aromatic carbocycles. The molecule has 122 valence electrons. The first kappa shape index (κ1) is 14.6. The largest absolute Gasteiger partial charge is 0.364 e. The van der Waals surface area contributed by atoms with Gasteiger partial charge < -0.3 is 14.8 Å². The molecule has 4 rings (SSSR count). The quantitative estimate of drug-likeness (QED) is 0.756. The number of nitrogens with zero attached hydrogens (tertiary/aromatic N) is 3. The third kappa shape index (κ3) is 2.38. The third-order valence-corrected chi connectivity index (χ3v) is 4.33. The number of rotatable bonds is 2. The number of carbonyl (C=O) groups excluding carboxylic acids is 1. The molecular weight excluding hydrogens is 306 g/mol. The first-order valence-electron chi connectivity index (χ1n) is 7.89. The third-order valence-electron chi connectivity index (χ3n) is 4.33. The lowest BCUT2D eigenvalue weighted by atomic mass is 10.0. The highest BCUT2D eigenvalue weighted by Crippen LogP contribution is 2.34. The number of anilines is 1. The number of hydrogen-bond donors (Lipinski definition) is 2. The van der Waals surface area contributed by atoms with E-state index >= 15 is 0 Å². The van der Waals surface area contributed by atoms with Crippen LogP contribution in [0.15, 0.2) is 23.1 Å². The van der Waals surface area contributed by atoms with Crippen molar-refractivity contribution in [3.63, 3.8) is 0 Å². The smallest absolute Gasteiger partial charge is 0.259 e. The van der Waals surface area contributed by atoms with Crippen molar-refractivity contribution >= 4 is 11.7 Å². The molecule has 0 atom stereocenters. The summed E-state index contributed by atoms with van der Waals surface area (Å²) in [6.07, 6.45) is 6.08. The number of aromatic amines is 1. The minimum atomic E-state index is -0.232. The van der Waals surface area contributed by atoms with Crippen LogP contribution in [0.1, 0.15) is 39.5 Å². The maximum atomic E-state index is 12.7. The van der Waals surface area contributed by atoms with Gasteiger partial charge >= 0.3 is 0 Å². The number of H-pyrrole nitrogens is 1. The summed E-state index contributed by atoms with van der Waals surface area (Å²) in [6, 6.07) is 1.68. The molecule has 2 N–H and O–H groups in total. The van der Waals surface area contributed by atoms with Crippen molar-refractivity contribution < 1.29 is 9.32 Å². The van der Waals surface area contributed by atoms with Crippen LogP contribution in [0.4, 0.5) is 5.82 Å². The molecule has 3 aromatic heterocycles. The molecule has 1 aliphatic carbocycles. The molecule has 3 heterocycles. The molecular formula is C17H17N5O2. The predicted molar refractivity (Wildman–Crippen MR) is 87.8 cm³/mol. The average Bonchev–Trinajstić information content (AvgIpc) is 3.10. The van der Waals surface area contributed by atoms with Crippen molar-refractivity contribution in [2.24, 2.45) is 0 Å². The Morgan fingerprint density at radius 2 is 2.17 bits per heavy atom. The molecule has 0 unspecified atom stereocenters. The fraction of sp³-hybridized carbons (Fsp3) is 0.294. The van der Waals surface area contributed by atoms with Crippen molar-refractivity contribution in [3.05, 3.63) is 46.9 Å². The molecule has 3 aromatic rings. The topological polar surface area (TPSA) is 96.7 Å². The minimum absolute atomic E-state index is 0.232. The highest BCUT2D eigenvalue weighted by atomic mass is 16.5. The summed E-state index contributed by atoms with van der Waals surface area (Å²) < 4.78 is 4.99. The number of aryl methyl sites for hydroxylation is 3. The van der Waals surface area contributed by atoms with Crippen LogP contribution in [-0.4, -0.2) is 26.0 Å². The van der Waals surface area contributed by atoms with E-state index in [-0.39, 0.29) is 5.91 Å². The predicted octanol–water partition coefficient (Wildman–Crippen LogP) is 2.82. The summed E-state index contributed by atoms with van der Waals surface area (Å²) in [5.74, 6) is 0.817. The van der Waals surface area contributed by atoms with Gasteiger partial charge in [-0.25, -0.2) is 9.97 Å². The number of carbonyl (C=O) groups is 1. The van der Waals surface area contributed by atoms with Crippen LogP contribution < -0.4 is 5.32 Å². The molecule has 7 nitrogen and oxygen atoms in total. The molecule has 0 fully saturated rings. The summed E-state index contributed by atoms with van der Waals surface area (Å²) in [6.45, 7) is 3.76. The first-order valence-corrected chi connectivity index (χ1v) is 7.89. The van der Waals surface area contributed by atoms with Gasteiger partial charge in [-0.15, -0.1) is 0 Å². The van der Waals surface area contributed by atoms with E-state index in [1.54, 1.807) is 25.5 Å². The van der Waals surface area contributed by atoms with Gasteiger partial charge in [0.05, 0.1) is 11.3 Å². The molecule has 0 aliphatic heterocycles. The molecule has 0 bridgehead atoms. The number of fused-ring (bicyclic) bond motifs is 3. The fourth-order valence-electron chi connectivity index (χ4n) is 3.18. The maximum absolute atomic E-state index is 12.7. The highest BCUT2D eigenvalue weighted by Gasteiger charge is 2.25. The Morgan fingerprint density at radius 3 is 2.96 bits per heavy atom. The monoisotopic (exact) mass is 323 g/mol. The van der Waals surface area contributed by atoms with Crippen LogP contribution in [0.2, 0.25) is 0 Å². The van der Waals surface area contributed by atoms with Gasteiger partial charge in [-0.3, -0.25) is 4.79 Å². The second-order valence-corrected chi connectivity index (χ2v) is 5.97. The molecule has 0 saturated heterocycles. The van der Waals surface area contributed by atoms with Crippen LogP contribution in [0.3, 0.4) is 0 Å². The Kier molecular flexibility index (Phi) is 3.41. The van der Waals surface area contributed by atoms with Gasteiger partial charge in [0, 0.05) is 29.2 Å². The van der Waals surface area contributed by atoms with E-state index in [2.05, 4.69) is 25.4 Å². The van der Waals surface area contributed by atoms with E-state index in [4.69, 9.17) is 4.52 Å². The van der Waals surface area contributed by atoms with Crippen LogP contribution >= 0.6 is 0 Å². The van der Waals surface area contributed by atoms with E-state index in [1.807, 2.05) is 6.92 Å². The van der Waals surface area contributed by atoms with E-state index in [1.165, 1.54) is 0 Å². The van der Waals surface area contributed by atoms with Gasteiger partial charge in [0.1, 0.15) is 12.1 Å². The molecule has 0 saturated carbocycles. The van der Waals surface area contributed by atoms with Crippen LogP contribution in [-0.2, 0) is 12.8 Å². The number of hydrogen-bond acceptors (Lipinski definition) is 5. The van der Waals surface area contributed by atoms with Crippen LogP contribution in [0.5, 0.6) is 0 Å². The maximum Gasteiger partial charge on any atom is 0.259 e. The van der Waals surface area contributed by atoms with Crippen molar-refractivity contribution in [1.82, 2.24) is 20.1 Å². The standard InChI is InChI=1S/C17H17N5O2/c1-9-6-14(22-24-9)21-17(23)12-7-18-13-5-3-4-11-10(2)19-8-20-16(11)15(12)13/h6-8,18H,3-5H2,1-2H3,(H,21,22,23). The zero-order valence-electron chi connectivity index (χ0n) is 13.5. The van der Waals surface area contributed by atoms with Crippen molar-refractivity contribution in [2.45, 2.75) is 33.1 Å². The molecule has 1 amide bonds. The van der Waals surface area contributed by atoms with E-state index in [9.17, 15) is 4.79 Å². The van der Waals surface area contributed by atoms with Crippen LogP contribution in [0, 0.1) is 13.8 Å². The average molecular weight is 323 g/mol. The molecule has 24 heavy (non-hydrogen) atoms. The van der Waals surface area contributed by atoms with Gasteiger partial charge in [-0.2, -0.15) is 0 Å². The number of amides is 1. The molecule has 0 spiro atoms. The summed E-state index contributed by atoms with van der Waals surface area (Å²) in [5, 5.41) is 6.59. The summed E-state index contributed by atoms with van der Waals surface area (Å²) >= 11 is 0. The Labute approximate surface area is 138 Å². The van der Waals surface area contributed by atoms with Gasteiger partial charge in [0.15, 0.2) is 5.82 Å². The summed E-state index contributed by atoms with van der Waals surface area (Å²) in [5.41, 5.74) is 5.39. The second kappa shape index (κ2) is 5.59. The van der Waals surface area contributed by atoms with E-state index < -0.39 is 0 Å². The lowest BCUT2D eigenvalue weighted by Crippen LogP contribution is -2.13. The lowest BCUT2D eigenvalue weighted by Gasteiger charge is -2.09. The van der Waals surface area contributed by atoms with Gasteiger partial charge in [0.25, 0.3) is 5.91 Å². The first-order chi connectivity index (χ1) is 11.6. The Bertz CT molecular complexity index is 925. The van der Waals surface area contributed by atoms with E-state index in [0.717, 1.165) is 47.5 Å². The Hall–Kier alpha value is -2.96. The zero-order chi connectivity index (χ0) is 16.7. The fourth-order valence-corrected chi connectivity index (χ4v) is 3.18. The number of aromatic nitrogens is 4. The summed E-state index contributed by atoms with van der Waals surface area (Å²) in [7, 11) is 0. The zero-order valence-corrected chi connectivity index (χ0v) is 13.5. The molecule has 1 aliphatic rings.